The molecule has 0 N–H and O–H groups in total. The zero-order valence-electron chi connectivity index (χ0n) is 6.47. The lowest BCUT2D eigenvalue weighted by Crippen LogP contribution is -2.28. The summed E-state index contributed by atoms with van der Waals surface area (Å²) < 4.78 is 40.8. The summed E-state index contributed by atoms with van der Waals surface area (Å²) in [5, 5.41) is 0. The molecule has 0 spiro atoms. The number of ketones is 1. The first kappa shape index (κ1) is 10.4. The number of rotatable bonds is 1. The molecule has 13 heavy (non-hydrogen) atoms. The Hall–Kier alpha value is -0.650. The second-order valence-electron chi connectivity index (χ2n) is 2.82. The lowest BCUT2D eigenvalue weighted by Gasteiger charge is -2.22. The van der Waals surface area contributed by atoms with Crippen LogP contribution in [0.3, 0.4) is 0 Å². The van der Waals surface area contributed by atoms with Crippen LogP contribution in [0.15, 0.2) is 11.8 Å². The van der Waals surface area contributed by atoms with E-state index in [1.165, 1.54) is 0 Å². The summed E-state index contributed by atoms with van der Waals surface area (Å²) in [6, 6.07) is 0. The van der Waals surface area contributed by atoms with Gasteiger partial charge in [-0.25, -0.2) is 0 Å². The van der Waals surface area contributed by atoms with Crippen LogP contribution in [0, 0.1) is 5.92 Å². The Morgan fingerprint density at radius 3 is 2.54 bits per heavy atom. The van der Waals surface area contributed by atoms with E-state index in [2.05, 4.69) is 17.1 Å². The minimum atomic E-state index is -4.35. The average molecular weight is 212 g/mol. The largest absolute Gasteiger partial charge is 0.433 e. The third-order valence-corrected chi connectivity index (χ3v) is 2.03. The van der Waals surface area contributed by atoms with Gasteiger partial charge in [-0.1, -0.05) is 0 Å². The molecule has 0 radical (unpaired) electrons. The number of halogens is 3. The first-order valence-corrected chi connectivity index (χ1v) is 3.91. The van der Waals surface area contributed by atoms with E-state index in [4.69, 9.17) is 0 Å². The van der Waals surface area contributed by atoms with E-state index in [0.717, 1.165) is 6.08 Å². The Bertz CT molecular complexity index is 247. The lowest BCUT2D eigenvalue weighted by molar-refractivity contribution is -0.179. The Morgan fingerprint density at radius 2 is 2.08 bits per heavy atom. The van der Waals surface area contributed by atoms with Crippen LogP contribution in [0.2, 0.25) is 0 Å². The van der Waals surface area contributed by atoms with E-state index in [9.17, 15) is 18.0 Å². The monoisotopic (exact) mass is 212 g/mol. The van der Waals surface area contributed by atoms with Crippen molar-refractivity contribution in [3.05, 3.63) is 11.8 Å². The number of hydrogen-bond donors (Lipinski definition) is 1. The van der Waals surface area contributed by atoms with Gasteiger partial charge in [0.2, 0.25) is 0 Å². The normalized spacial score (nSPS) is 24.2. The van der Waals surface area contributed by atoms with Crippen molar-refractivity contribution in [2.24, 2.45) is 5.92 Å². The minimum absolute atomic E-state index is 0.0260. The maximum absolute atomic E-state index is 12.2. The van der Waals surface area contributed by atoms with E-state index >= 15 is 0 Å². The Kier molecular flexibility index (Phi) is 2.90. The van der Waals surface area contributed by atoms with Crippen LogP contribution in [0.1, 0.15) is 12.8 Å². The van der Waals surface area contributed by atoms with Crippen LogP contribution in [-0.2, 0) is 8.98 Å². The smallest absolute Gasteiger partial charge is 0.392 e. The van der Waals surface area contributed by atoms with Gasteiger partial charge >= 0.3 is 6.18 Å². The van der Waals surface area contributed by atoms with Gasteiger partial charge in [0.25, 0.3) is 0 Å². The molecule has 1 aliphatic rings. The Labute approximate surface area is 78.4 Å². The molecule has 0 aromatic rings. The molecule has 1 atom stereocenters. The van der Waals surface area contributed by atoms with E-state index < -0.39 is 24.3 Å². The summed E-state index contributed by atoms with van der Waals surface area (Å²) in [5.41, 5.74) is 0. The predicted octanol–water partition coefficient (Wildman–Crippen LogP) is 2.27. The summed E-state index contributed by atoms with van der Waals surface area (Å²) in [5.74, 6) is -2.23. The molecule has 1 rings (SSSR count). The maximum atomic E-state index is 12.2. The number of hydrogen-bond acceptors (Lipinski definition) is 3. The van der Waals surface area contributed by atoms with Gasteiger partial charge in [0.05, 0.1) is 5.92 Å². The van der Waals surface area contributed by atoms with Crippen molar-refractivity contribution in [2.45, 2.75) is 19.0 Å². The topological polar surface area (TPSA) is 26.3 Å². The molecule has 0 aromatic heterocycles. The minimum Gasteiger partial charge on any atom is -0.433 e. The van der Waals surface area contributed by atoms with Crippen molar-refractivity contribution in [2.75, 3.05) is 0 Å². The molecule has 0 aromatic carbocycles. The molecule has 0 fully saturated rings. The summed E-state index contributed by atoms with van der Waals surface area (Å²) in [6.07, 6.45) is -4.10. The number of carbonyl (C=O) groups excluding carboxylic acids is 1. The van der Waals surface area contributed by atoms with Crippen LogP contribution < -0.4 is 0 Å². The van der Waals surface area contributed by atoms with Gasteiger partial charge in [-0.2, -0.15) is 13.2 Å². The second-order valence-corrected chi connectivity index (χ2v) is 3.00. The van der Waals surface area contributed by atoms with Gasteiger partial charge in [0.1, 0.15) is 5.76 Å². The highest BCUT2D eigenvalue weighted by Crippen LogP contribution is 2.36. The molecular weight excluding hydrogens is 205 g/mol. The van der Waals surface area contributed by atoms with Crippen molar-refractivity contribution < 1.29 is 22.1 Å². The van der Waals surface area contributed by atoms with Crippen LogP contribution >= 0.6 is 12.9 Å². The Balaban J connectivity index is 2.75. The average Bonchev–Trinajstić information content (AvgIpc) is 2.01. The van der Waals surface area contributed by atoms with Gasteiger partial charge < -0.3 is 4.18 Å². The summed E-state index contributed by atoms with van der Waals surface area (Å²) in [4.78, 5) is 10.8. The molecular formula is C7H7F3O2S. The molecule has 0 bridgehead atoms. The molecule has 2 nitrogen and oxygen atoms in total. The van der Waals surface area contributed by atoms with Crippen LogP contribution in [0.25, 0.3) is 0 Å². The second kappa shape index (κ2) is 3.61. The lowest BCUT2D eigenvalue weighted by atomic mass is 9.92. The highest BCUT2D eigenvalue weighted by molar-refractivity contribution is 7.75. The zero-order valence-corrected chi connectivity index (χ0v) is 7.36. The number of alkyl halides is 3. The molecule has 1 aliphatic carbocycles. The fourth-order valence-electron chi connectivity index (χ4n) is 1.15. The molecule has 1 unspecified atom stereocenters. The molecule has 0 heterocycles. The van der Waals surface area contributed by atoms with E-state index in [-0.39, 0.29) is 12.2 Å². The van der Waals surface area contributed by atoms with Crippen molar-refractivity contribution >= 4 is 18.7 Å². The van der Waals surface area contributed by atoms with Gasteiger partial charge in [-0.05, 0) is 0 Å². The molecule has 0 saturated heterocycles. The quantitative estimate of drug-likeness (QED) is 0.533. The summed E-state index contributed by atoms with van der Waals surface area (Å²) in [6.45, 7) is 0. The maximum Gasteiger partial charge on any atom is 0.392 e. The number of allylic oxidation sites excluding steroid dienone is 2. The highest BCUT2D eigenvalue weighted by atomic mass is 32.1. The number of thiol groups is 1. The van der Waals surface area contributed by atoms with Gasteiger partial charge in [0.15, 0.2) is 5.78 Å². The van der Waals surface area contributed by atoms with Gasteiger partial charge in [0, 0.05) is 31.8 Å². The van der Waals surface area contributed by atoms with E-state index in [1.807, 2.05) is 0 Å². The van der Waals surface area contributed by atoms with Crippen molar-refractivity contribution in [1.82, 2.24) is 0 Å². The van der Waals surface area contributed by atoms with Crippen LogP contribution in [0.4, 0.5) is 13.2 Å². The molecule has 0 amide bonds. The highest BCUT2D eigenvalue weighted by Gasteiger charge is 2.42. The molecule has 6 heteroatoms. The molecule has 74 valence electrons. The van der Waals surface area contributed by atoms with Crippen LogP contribution in [-0.4, -0.2) is 12.0 Å². The van der Waals surface area contributed by atoms with Gasteiger partial charge in [-0.15, -0.1) is 0 Å². The van der Waals surface area contributed by atoms with Crippen LogP contribution in [0.5, 0.6) is 0 Å². The summed E-state index contributed by atoms with van der Waals surface area (Å²) in [7, 11) is 0. The molecule has 0 saturated carbocycles. The third kappa shape index (κ3) is 2.65. The predicted molar refractivity (Wildman–Crippen MR) is 41.9 cm³/mol. The first-order valence-electron chi connectivity index (χ1n) is 3.55. The summed E-state index contributed by atoms with van der Waals surface area (Å²) >= 11 is 3.35. The Morgan fingerprint density at radius 1 is 1.46 bits per heavy atom. The number of carbonyl (C=O) groups is 1. The zero-order chi connectivity index (χ0) is 10.1. The third-order valence-electron chi connectivity index (χ3n) is 1.80. The van der Waals surface area contributed by atoms with E-state index in [0.29, 0.717) is 0 Å². The fourth-order valence-corrected chi connectivity index (χ4v) is 1.28. The fraction of sp³-hybridized carbons (Fsp3) is 0.571. The van der Waals surface area contributed by atoms with E-state index in [1.54, 1.807) is 0 Å². The van der Waals surface area contributed by atoms with Crippen molar-refractivity contribution in [1.29, 1.82) is 0 Å². The standard InChI is InChI=1S/C7H7F3O2S/c8-7(9,10)4-1-5(11)3-6(2-4)12-13/h3-4,13H,1-2H2. The van der Waals surface area contributed by atoms with Gasteiger partial charge in [-0.3, -0.25) is 4.79 Å². The van der Waals surface area contributed by atoms with Crippen molar-refractivity contribution in [3.63, 3.8) is 0 Å². The van der Waals surface area contributed by atoms with Crippen molar-refractivity contribution in [3.8, 4) is 0 Å². The SMILES string of the molecule is O=C1C=C(OS)CC(C(F)(F)F)C1. The molecule has 0 aliphatic heterocycles. The first-order chi connectivity index (χ1) is 5.93.